The molecule has 0 aromatic carbocycles. The molecule has 0 heterocycles. The minimum Gasteiger partial charge on any atom is -0.462 e. The van der Waals surface area contributed by atoms with Crippen molar-refractivity contribution in [1.29, 1.82) is 0 Å². The molecule has 12 heteroatoms. The molecule has 0 rings (SSSR count). The molecule has 0 aromatic rings. The van der Waals surface area contributed by atoms with Crippen LogP contribution in [0, 0.1) is 0 Å². The summed E-state index contributed by atoms with van der Waals surface area (Å²) in [7, 11) is -4.74. The van der Waals surface area contributed by atoms with E-state index < -0.39 is 57.8 Å². The molecule has 0 saturated heterocycles. The van der Waals surface area contributed by atoms with Crippen molar-refractivity contribution in [1.82, 2.24) is 0 Å². The summed E-state index contributed by atoms with van der Waals surface area (Å²) in [5.74, 6) is -1.46. The summed E-state index contributed by atoms with van der Waals surface area (Å²) >= 11 is 0. The minimum atomic E-state index is -4.74. The lowest BCUT2D eigenvalue weighted by molar-refractivity contribution is -0.161. The Balaban J connectivity index is 4.67. The van der Waals surface area contributed by atoms with Crippen molar-refractivity contribution in [2.24, 2.45) is 0 Å². The maximum Gasteiger partial charge on any atom is 0.472 e. The molecular weight excluding hydrogens is 904 g/mol. The van der Waals surface area contributed by atoms with Crippen LogP contribution in [-0.4, -0.2) is 66.5 Å². The van der Waals surface area contributed by atoms with Gasteiger partial charge >= 0.3 is 25.7 Å². The fraction of sp³-hybridized carbons (Fsp3) is 0.879. The van der Waals surface area contributed by atoms with Crippen molar-refractivity contribution in [2.45, 2.75) is 303 Å². The van der Waals surface area contributed by atoms with Gasteiger partial charge in [-0.2, -0.15) is 0 Å². The first-order valence-electron chi connectivity index (χ1n) is 29.2. The lowest BCUT2D eigenvalue weighted by atomic mass is 10.0. The molecule has 0 saturated carbocycles. The summed E-state index contributed by atoms with van der Waals surface area (Å²) < 4.78 is 39.5. The highest BCUT2D eigenvalue weighted by molar-refractivity contribution is 7.47. The van der Waals surface area contributed by atoms with E-state index in [-0.39, 0.29) is 25.9 Å². The van der Waals surface area contributed by atoms with Gasteiger partial charge in [0, 0.05) is 19.3 Å². The maximum atomic E-state index is 12.9. The van der Waals surface area contributed by atoms with Gasteiger partial charge in [-0.25, -0.2) is 4.57 Å². The third kappa shape index (κ3) is 50.9. The number of phosphoric acid groups is 1. The van der Waals surface area contributed by atoms with Gasteiger partial charge in [0.2, 0.25) is 0 Å². The number of phosphoric ester groups is 1. The fourth-order valence-electron chi connectivity index (χ4n) is 8.33. The van der Waals surface area contributed by atoms with Gasteiger partial charge in [0.1, 0.15) is 12.7 Å². The molecule has 0 fully saturated rings. The highest BCUT2D eigenvalue weighted by atomic mass is 31.2. The first-order chi connectivity index (χ1) is 34.2. The molecular formula is C58H109O11P. The van der Waals surface area contributed by atoms with E-state index in [0.717, 1.165) is 96.3 Å². The van der Waals surface area contributed by atoms with Gasteiger partial charge in [-0.15, -0.1) is 0 Å². The smallest absolute Gasteiger partial charge is 0.462 e. The topological polar surface area (TPSA) is 155 Å². The third-order valence-electron chi connectivity index (χ3n) is 12.8. The number of rotatable bonds is 55. The Hall–Kier alpha value is -2.04. The van der Waals surface area contributed by atoms with Crippen LogP contribution in [0.3, 0.4) is 0 Å². The average molecular weight is 1010 g/mol. The molecule has 0 spiro atoms. The van der Waals surface area contributed by atoms with Gasteiger partial charge in [0.25, 0.3) is 0 Å². The number of unbranched alkanes of at least 4 members (excludes halogenated alkanes) is 34. The molecule has 70 heavy (non-hydrogen) atoms. The number of carbonyl (C=O) groups is 3. The molecule has 412 valence electrons. The van der Waals surface area contributed by atoms with Gasteiger partial charge in [0.05, 0.1) is 19.8 Å². The molecule has 0 radical (unpaired) electrons. The zero-order chi connectivity index (χ0) is 51.3. The van der Waals surface area contributed by atoms with E-state index in [1.165, 1.54) is 135 Å². The number of ether oxygens (including phenoxy) is 3. The largest absolute Gasteiger partial charge is 0.472 e. The number of carbonyl (C=O) groups excluding carboxylic acids is 3. The molecule has 0 aromatic heterocycles. The van der Waals surface area contributed by atoms with Crippen LogP contribution in [0.15, 0.2) is 24.3 Å². The van der Waals surface area contributed by atoms with Crippen molar-refractivity contribution in [3.05, 3.63) is 24.3 Å². The monoisotopic (exact) mass is 1010 g/mol. The quantitative estimate of drug-likeness (QED) is 0.0197. The highest BCUT2D eigenvalue weighted by Gasteiger charge is 2.28. The summed E-state index contributed by atoms with van der Waals surface area (Å²) in [6.07, 6.45) is 52.8. The van der Waals surface area contributed by atoms with Crippen LogP contribution < -0.4 is 0 Å². The second-order valence-corrected chi connectivity index (χ2v) is 21.3. The van der Waals surface area contributed by atoms with Crippen molar-refractivity contribution < 1.29 is 52.2 Å². The van der Waals surface area contributed by atoms with Crippen molar-refractivity contribution >= 4 is 25.7 Å². The zero-order valence-electron chi connectivity index (χ0n) is 45.5. The Morgan fingerprint density at radius 1 is 0.386 bits per heavy atom. The van der Waals surface area contributed by atoms with E-state index in [1.807, 2.05) is 0 Å². The third-order valence-corrected chi connectivity index (χ3v) is 13.8. The van der Waals surface area contributed by atoms with Gasteiger partial charge in [-0.1, -0.05) is 231 Å². The van der Waals surface area contributed by atoms with Gasteiger partial charge in [-0.05, 0) is 64.2 Å². The molecule has 0 aliphatic carbocycles. The Labute approximate surface area is 429 Å². The Kier molecular flexibility index (Phi) is 51.7. The molecule has 0 bridgehead atoms. The SMILES string of the molecule is CCCC/C=C\CCCCCCCC(=O)OC(CO)COP(=O)(O)OCC(COC(=O)CCCCCCC/C=C\CCCCCC)OC(=O)CCCCCCCCCCCCCCCCCCCCC. The van der Waals surface area contributed by atoms with Crippen molar-refractivity contribution in [3.8, 4) is 0 Å². The number of hydrogen-bond acceptors (Lipinski definition) is 10. The van der Waals surface area contributed by atoms with Crippen molar-refractivity contribution in [2.75, 3.05) is 26.4 Å². The Morgan fingerprint density at radius 2 is 0.671 bits per heavy atom. The van der Waals surface area contributed by atoms with E-state index in [1.54, 1.807) is 0 Å². The van der Waals surface area contributed by atoms with Gasteiger partial charge < -0.3 is 24.2 Å². The van der Waals surface area contributed by atoms with Gasteiger partial charge in [-0.3, -0.25) is 23.4 Å². The van der Waals surface area contributed by atoms with E-state index in [9.17, 15) is 28.9 Å². The van der Waals surface area contributed by atoms with Crippen LogP contribution in [0.5, 0.6) is 0 Å². The zero-order valence-corrected chi connectivity index (χ0v) is 46.4. The van der Waals surface area contributed by atoms with E-state index in [0.29, 0.717) is 19.3 Å². The molecule has 0 amide bonds. The number of aliphatic hydroxyl groups is 1. The van der Waals surface area contributed by atoms with Crippen LogP contribution in [0.1, 0.15) is 290 Å². The second kappa shape index (κ2) is 53.3. The standard InChI is InChI=1S/C58H109O11P/c1-4-7-10-13-16-19-22-24-25-26-27-28-29-31-34-37-40-43-46-49-58(62)69-55(51-65-56(60)47-44-41-38-35-33-30-23-20-17-14-11-8-5-2)53-67-70(63,64)66-52-54(50-59)68-57(61)48-45-42-39-36-32-21-18-15-12-9-6-3/h15,18,20,23,54-55,59H,4-14,16-17,19,21-22,24-53H2,1-3H3,(H,63,64)/b18-15-,23-20-. The molecule has 3 unspecified atom stereocenters. The molecule has 2 N–H and O–H groups in total. The number of hydrogen-bond donors (Lipinski definition) is 2. The lowest BCUT2D eigenvalue weighted by Crippen LogP contribution is -2.30. The summed E-state index contributed by atoms with van der Waals surface area (Å²) in [6.45, 7) is 4.62. The van der Waals surface area contributed by atoms with Crippen LogP contribution in [-0.2, 0) is 42.2 Å². The molecule has 0 aliphatic rings. The van der Waals surface area contributed by atoms with Crippen molar-refractivity contribution in [3.63, 3.8) is 0 Å². The Morgan fingerprint density at radius 3 is 1.04 bits per heavy atom. The summed E-state index contributed by atoms with van der Waals surface area (Å²) in [5, 5.41) is 9.78. The molecule has 3 atom stereocenters. The Bertz CT molecular complexity index is 1270. The maximum absolute atomic E-state index is 12.9. The predicted octanol–water partition coefficient (Wildman–Crippen LogP) is 17.0. The average Bonchev–Trinajstić information content (AvgIpc) is 3.35. The van der Waals surface area contributed by atoms with Crippen LogP contribution in [0.25, 0.3) is 0 Å². The van der Waals surface area contributed by atoms with Crippen LogP contribution in [0.2, 0.25) is 0 Å². The lowest BCUT2D eigenvalue weighted by Gasteiger charge is -2.21. The number of allylic oxidation sites excluding steroid dienone is 4. The number of aliphatic hydroxyl groups excluding tert-OH is 1. The minimum absolute atomic E-state index is 0.170. The first kappa shape index (κ1) is 68.0. The molecule has 11 nitrogen and oxygen atoms in total. The van der Waals surface area contributed by atoms with E-state index in [4.69, 9.17) is 23.3 Å². The van der Waals surface area contributed by atoms with Gasteiger partial charge in [0.15, 0.2) is 6.10 Å². The van der Waals surface area contributed by atoms with Crippen LogP contribution >= 0.6 is 7.82 Å². The fourth-order valence-corrected chi connectivity index (χ4v) is 9.12. The highest BCUT2D eigenvalue weighted by Crippen LogP contribution is 2.43. The van der Waals surface area contributed by atoms with E-state index >= 15 is 0 Å². The predicted molar refractivity (Wildman–Crippen MR) is 289 cm³/mol. The molecule has 0 aliphatic heterocycles. The number of esters is 3. The second-order valence-electron chi connectivity index (χ2n) is 19.8. The summed E-state index contributed by atoms with van der Waals surface area (Å²) in [6, 6.07) is 0. The van der Waals surface area contributed by atoms with Crippen LogP contribution in [0.4, 0.5) is 0 Å². The first-order valence-corrected chi connectivity index (χ1v) is 30.7. The summed E-state index contributed by atoms with van der Waals surface area (Å²) in [5.41, 5.74) is 0. The normalized spacial score (nSPS) is 13.5. The summed E-state index contributed by atoms with van der Waals surface area (Å²) in [4.78, 5) is 48.4. The van der Waals surface area contributed by atoms with E-state index in [2.05, 4.69) is 45.1 Å².